The SMILES string of the molecule is Cc1nc(CN(C)c2c(C=CC(=O)O)c(C)nn2C)cs1. The van der Waals surface area contributed by atoms with Gasteiger partial charge < -0.3 is 10.0 Å². The van der Waals surface area contributed by atoms with Crippen molar-refractivity contribution in [2.75, 3.05) is 11.9 Å². The minimum absolute atomic E-state index is 0.650. The van der Waals surface area contributed by atoms with Gasteiger partial charge in [0.15, 0.2) is 0 Å². The molecular weight excluding hydrogens is 288 g/mol. The first kappa shape index (κ1) is 15.2. The summed E-state index contributed by atoms with van der Waals surface area (Å²) < 4.78 is 1.76. The standard InChI is InChI=1S/C14H18N4O2S/c1-9-12(5-6-13(19)20)14(18(4)16-9)17(3)7-11-8-21-10(2)15-11/h5-6,8H,7H2,1-4H3,(H,19,20). The topological polar surface area (TPSA) is 71.2 Å². The van der Waals surface area contributed by atoms with Gasteiger partial charge in [-0.25, -0.2) is 9.78 Å². The van der Waals surface area contributed by atoms with Crippen molar-refractivity contribution >= 4 is 29.2 Å². The van der Waals surface area contributed by atoms with Gasteiger partial charge >= 0.3 is 5.97 Å². The van der Waals surface area contributed by atoms with Crippen LogP contribution in [0.25, 0.3) is 6.08 Å². The fourth-order valence-corrected chi connectivity index (χ4v) is 2.87. The van der Waals surface area contributed by atoms with E-state index in [-0.39, 0.29) is 0 Å². The molecule has 2 rings (SSSR count). The third-order valence-corrected chi connectivity index (χ3v) is 3.88. The van der Waals surface area contributed by atoms with Gasteiger partial charge in [-0.3, -0.25) is 4.68 Å². The Morgan fingerprint density at radius 1 is 1.52 bits per heavy atom. The second kappa shape index (κ2) is 6.09. The number of hydrogen-bond acceptors (Lipinski definition) is 5. The summed E-state index contributed by atoms with van der Waals surface area (Å²) in [6.07, 6.45) is 2.72. The molecular formula is C14H18N4O2S. The van der Waals surface area contributed by atoms with E-state index in [9.17, 15) is 4.79 Å². The molecule has 0 aliphatic heterocycles. The van der Waals surface area contributed by atoms with Crippen LogP contribution in [-0.2, 0) is 18.4 Å². The average molecular weight is 306 g/mol. The van der Waals surface area contributed by atoms with Gasteiger partial charge in [0.25, 0.3) is 0 Å². The maximum atomic E-state index is 10.7. The van der Waals surface area contributed by atoms with Crippen LogP contribution in [-0.4, -0.2) is 32.9 Å². The van der Waals surface area contributed by atoms with Crippen LogP contribution in [0.2, 0.25) is 0 Å². The molecule has 7 heteroatoms. The minimum atomic E-state index is -0.970. The van der Waals surface area contributed by atoms with Crippen LogP contribution in [0.15, 0.2) is 11.5 Å². The van der Waals surface area contributed by atoms with Gasteiger partial charge in [0.2, 0.25) is 0 Å². The highest BCUT2D eigenvalue weighted by Crippen LogP contribution is 2.25. The van der Waals surface area contributed by atoms with Gasteiger partial charge in [-0.15, -0.1) is 11.3 Å². The number of nitrogens with zero attached hydrogens (tertiary/aromatic N) is 4. The third-order valence-electron chi connectivity index (χ3n) is 3.06. The normalized spacial score (nSPS) is 11.2. The zero-order valence-electron chi connectivity index (χ0n) is 12.5. The van der Waals surface area contributed by atoms with Crippen LogP contribution in [0.1, 0.15) is 22.0 Å². The molecule has 0 aliphatic carbocycles. The Bertz CT molecular complexity index is 687. The highest BCUT2D eigenvalue weighted by atomic mass is 32.1. The number of carboxylic acid groups (broad SMARTS) is 1. The third kappa shape index (κ3) is 3.49. The maximum absolute atomic E-state index is 10.7. The molecule has 0 bridgehead atoms. The van der Waals surface area contributed by atoms with E-state index in [0.717, 1.165) is 33.9 Å². The smallest absolute Gasteiger partial charge is 0.328 e. The number of aryl methyl sites for hydroxylation is 3. The van der Waals surface area contributed by atoms with Crippen molar-refractivity contribution in [2.45, 2.75) is 20.4 Å². The van der Waals surface area contributed by atoms with Crippen molar-refractivity contribution in [1.29, 1.82) is 0 Å². The van der Waals surface area contributed by atoms with Crippen LogP contribution in [0.4, 0.5) is 5.82 Å². The van der Waals surface area contributed by atoms with Crippen molar-refractivity contribution in [3.8, 4) is 0 Å². The summed E-state index contributed by atoms with van der Waals surface area (Å²) in [5.41, 5.74) is 2.60. The van der Waals surface area contributed by atoms with E-state index in [1.54, 1.807) is 22.1 Å². The lowest BCUT2D eigenvalue weighted by Crippen LogP contribution is -2.20. The molecule has 0 saturated carbocycles. The predicted octanol–water partition coefficient (Wildman–Crippen LogP) is 2.23. The van der Waals surface area contributed by atoms with Crippen LogP contribution < -0.4 is 4.90 Å². The monoisotopic (exact) mass is 306 g/mol. The van der Waals surface area contributed by atoms with Crippen molar-refractivity contribution < 1.29 is 9.90 Å². The largest absolute Gasteiger partial charge is 0.478 e. The molecule has 6 nitrogen and oxygen atoms in total. The lowest BCUT2D eigenvalue weighted by molar-refractivity contribution is -0.131. The summed E-state index contributed by atoms with van der Waals surface area (Å²) in [6.45, 7) is 4.49. The molecule has 0 fully saturated rings. The number of aliphatic carboxylic acids is 1. The summed E-state index contributed by atoms with van der Waals surface area (Å²) in [5.74, 6) is -0.0994. The number of rotatable bonds is 5. The lowest BCUT2D eigenvalue weighted by atomic mass is 10.2. The van der Waals surface area contributed by atoms with Crippen molar-refractivity contribution in [2.24, 2.45) is 7.05 Å². The van der Waals surface area contributed by atoms with E-state index in [1.807, 2.05) is 38.2 Å². The first-order valence-electron chi connectivity index (χ1n) is 6.45. The van der Waals surface area contributed by atoms with E-state index in [1.165, 1.54) is 0 Å². The molecule has 0 atom stereocenters. The highest BCUT2D eigenvalue weighted by molar-refractivity contribution is 7.09. The molecule has 0 aliphatic rings. The number of carbonyl (C=O) groups is 1. The van der Waals surface area contributed by atoms with Gasteiger partial charge in [-0.2, -0.15) is 5.10 Å². The van der Waals surface area contributed by atoms with Gasteiger partial charge in [-0.05, 0) is 19.9 Å². The molecule has 2 aromatic heterocycles. The van der Waals surface area contributed by atoms with Crippen molar-refractivity contribution in [1.82, 2.24) is 14.8 Å². The van der Waals surface area contributed by atoms with E-state index in [0.29, 0.717) is 6.54 Å². The molecule has 0 spiro atoms. The first-order chi connectivity index (χ1) is 9.88. The first-order valence-corrected chi connectivity index (χ1v) is 7.33. The van der Waals surface area contributed by atoms with E-state index < -0.39 is 5.97 Å². The molecule has 0 saturated heterocycles. The lowest BCUT2D eigenvalue weighted by Gasteiger charge is -2.19. The molecule has 0 unspecified atom stereocenters. The molecule has 2 aromatic rings. The zero-order chi connectivity index (χ0) is 15.6. The molecule has 0 radical (unpaired) electrons. The molecule has 0 aromatic carbocycles. The second-order valence-corrected chi connectivity index (χ2v) is 5.89. The van der Waals surface area contributed by atoms with Crippen LogP contribution >= 0.6 is 11.3 Å². The summed E-state index contributed by atoms with van der Waals surface area (Å²) in [5, 5.41) is 16.2. The zero-order valence-corrected chi connectivity index (χ0v) is 13.3. The highest BCUT2D eigenvalue weighted by Gasteiger charge is 2.16. The Kier molecular flexibility index (Phi) is 4.42. The van der Waals surface area contributed by atoms with E-state index >= 15 is 0 Å². The fourth-order valence-electron chi connectivity index (χ4n) is 2.26. The van der Waals surface area contributed by atoms with Crippen molar-refractivity contribution in [3.63, 3.8) is 0 Å². The van der Waals surface area contributed by atoms with E-state index in [4.69, 9.17) is 5.11 Å². The molecule has 0 amide bonds. The van der Waals surface area contributed by atoms with E-state index in [2.05, 4.69) is 10.1 Å². The summed E-state index contributed by atoms with van der Waals surface area (Å²) in [6, 6.07) is 0. The van der Waals surface area contributed by atoms with Crippen LogP contribution in [0.3, 0.4) is 0 Å². The predicted molar refractivity (Wildman–Crippen MR) is 83.6 cm³/mol. The maximum Gasteiger partial charge on any atom is 0.328 e. The van der Waals surface area contributed by atoms with Crippen LogP contribution in [0, 0.1) is 13.8 Å². The molecule has 112 valence electrons. The van der Waals surface area contributed by atoms with Crippen molar-refractivity contribution in [3.05, 3.63) is 33.4 Å². The number of aromatic nitrogens is 3. The van der Waals surface area contributed by atoms with Gasteiger partial charge in [0.1, 0.15) is 5.82 Å². The minimum Gasteiger partial charge on any atom is -0.478 e. The Balaban J connectivity index is 2.31. The average Bonchev–Trinajstić information content (AvgIpc) is 2.90. The van der Waals surface area contributed by atoms with Gasteiger partial charge in [0.05, 0.1) is 22.9 Å². The molecule has 2 heterocycles. The summed E-state index contributed by atoms with van der Waals surface area (Å²) in [7, 11) is 3.80. The van der Waals surface area contributed by atoms with Crippen LogP contribution in [0.5, 0.6) is 0 Å². The Morgan fingerprint density at radius 2 is 2.24 bits per heavy atom. The number of thiazole rings is 1. The molecule has 1 N–H and O–H groups in total. The van der Waals surface area contributed by atoms with Gasteiger partial charge in [-0.1, -0.05) is 0 Å². The second-order valence-electron chi connectivity index (χ2n) is 4.83. The number of carboxylic acids is 1. The Hall–Kier alpha value is -2.15. The number of anilines is 1. The van der Waals surface area contributed by atoms with Gasteiger partial charge in [0, 0.05) is 31.1 Å². The number of hydrogen-bond donors (Lipinski definition) is 1. The molecule has 21 heavy (non-hydrogen) atoms. The fraction of sp³-hybridized carbons (Fsp3) is 0.357. The summed E-state index contributed by atoms with van der Waals surface area (Å²) >= 11 is 1.62. The summed E-state index contributed by atoms with van der Waals surface area (Å²) in [4.78, 5) is 17.2. The Morgan fingerprint density at radius 3 is 2.81 bits per heavy atom. The Labute approximate surface area is 127 Å². The quantitative estimate of drug-likeness (QED) is 0.858.